The average molecular weight is 324 g/mol. The fraction of sp³-hybridized carbons (Fsp3) is 0.647. The molecule has 6 heteroatoms. The number of hydrogen-bond donors (Lipinski definition) is 2. The van der Waals surface area contributed by atoms with E-state index in [1.807, 2.05) is 0 Å². The number of rotatable bonds is 5. The van der Waals surface area contributed by atoms with Gasteiger partial charge in [-0.3, -0.25) is 0 Å². The molecule has 1 atom stereocenters. The van der Waals surface area contributed by atoms with Gasteiger partial charge in [-0.05, 0) is 38.1 Å². The van der Waals surface area contributed by atoms with Gasteiger partial charge in [-0.1, -0.05) is 12.1 Å². The van der Waals surface area contributed by atoms with E-state index in [0.29, 0.717) is 19.8 Å². The van der Waals surface area contributed by atoms with E-state index in [1.54, 1.807) is 12.1 Å². The number of ether oxygens (including phenoxy) is 2. The molecule has 23 heavy (non-hydrogen) atoms. The molecule has 0 aliphatic carbocycles. The molecule has 2 heterocycles. The third kappa shape index (κ3) is 3.56. The van der Waals surface area contributed by atoms with Gasteiger partial charge in [0, 0.05) is 24.6 Å². The van der Waals surface area contributed by atoms with Crippen LogP contribution in [0.2, 0.25) is 0 Å². The lowest BCUT2D eigenvalue weighted by atomic mass is 9.84. The number of likely N-dealkylation sites (tertiary alicyclic amines) is 1. The lowest BCUT2D eigenvalue weighted by molar-refractivity contribution is -0.214. The van der Waals surface area contributed by atoms with Gasteiger partial charge >= 0.3 is 0 Å². The third-order valence-electron chi connectivity index (χ3n) is 4.83. The SMILES string of the molecule is NCC(O)CN1CCC(C2(c3ccc(F)cc3)OCCO2)CC1. The molecule has 2 aliphatic heterocycles. The van der Waals surface area contributed by atoms with E-state index in [2.05, 4.69) is 4.90 Å². The van der Waals surface area contributed by atoms with E-state index in [0.717, 1.165) is 31.5 Å². The summed E-state index contributed by atoms with van der Waals surface area (Å²) in [5, 5.41) is 9.69. The molecule has 0 radical (unpaired) electrons. The smallest absolute Gasteiger partial charge is 0.197 e. The van der Waals surface area contributed by atoms with Crippen molar-refractivity contribution in [2.45, 2.75) is 24.7 Å². The highest BCUT2D eigenvalue weighted by Gasteiger charge is 2.46. The van der Waals surface area contributed by atoms with Gasteiger partial charge in [-0.15, -0.1) is 0 Å². The van der Waals surface area contributed by atoms with Crippen molar-refractivity contribution in [1.29, 1.82) is 0 Å². The number of nitrogens with two attached hydrogens (primary N) is 1. The highest BCUT2D eigenvalue weighted by atomic mass is 19.1. The van der Waals surface area contributed by atoms with Crippen LogP contribution in [0.15, 0.2) is 24.3 Å². The maximum atomic E-state index is 13.2. The second-order valence-electron chi connectivity index (χ2n) is 6.34. The Hall–Kier alpha value is -1.05. The number of aliphatic hydroxyl groups excluding tert-OH is 1. The highest BCUT2D eigenvalue weighted by Crippen LogP contribution is 2.43. The Morgan fingerprint density at radius 2 is 1.83 bits per heavy atom. The first-order valence-corrected chi connectivity index (χ1v) is 8.28. The van der Waals surface area contributed by atoms with Crippen molar-refractivity contribution in [3.63, 3.8) is 0 Å². The quantitative estimate of drug-likeness (QED) is 0.848. The van der Waals surface area contributed by atoms with Crippen molar-refractivity contribution >= 4 is 0 Å². The van der Waals surface area contributed by atoms with Crippen molar-refractivity contribution in [1.82, 2.24) is 4.90 Å². The zero-order valence-corrected chi connectivity index (χ0v) is 13.3. The molecule has 1 aromatic rings. The molecule has 5 nitrogen and oxygen atoms in total. The third-order valence-corrected chi connectivity index (χ3v) is 4.83. The van der Waals surface area contributed by atoms with Crippen molar-refractivity contribution in [2.75, 3.05) is 39.4 Å². The number of aliphatic hydroxyl groups is 1. The Bertz CT molecular complexity index is 497. The molecule has 1 aromatic carbocycles. The van der Waals surface area contributed by atoms with Crippen molar-refractivity contribution < 1.29 is 19.0 Å². The van der Waals surface area contributed by atoms with Gasteiger partial charge in [-0.25, -0.2) is 4.39 Å². The zero-order chi connectivity index (χ0) is 16.3. The largest absolute Gasteiger partial charge is 0.390 e. The summed E-state index contributed by atoms with van der Waals surface area (Å²) in [6.45, 7) is 3.75. The van der Waals surface area contributed by atoms with Crippen LogP contribution in [-0.2, 0) is 15.3 Å². The summed E-state index contributed by atoms with van der Waals surface area (Å²) >= 11 is 0. The van der Waals surface area contributed by atoms with Crippen molar-refractivity contribution in [2.24, 2.45) is 11.7 Å². The molecule has 0 aromatic heterocycles. The highest BCUT2D eigenvalue weighted by molar-refractivity contribution is 5.23. The molecule has 2 fully saturated rings. The molecule has 0 spiro atoms. The molecule has 128 valence electrons. The standard InChI is InChI=1S/C17H25FN2O3/c18-15-3-1-13(2-4-15)17(22-9-10-23-17)14-5-7-20(8-6-14)12-16(21)11-19/h1-4,14,16,21H,5-12,19H2. The number of nitrogens with zero attached hydrogens (tertiary/aromatic N) is 1. The Labute approximate surface area is 136 Å². The first-order chi connectivity index (χ1) is 11.1. The Balaban J connectivity index is 1.70. The van der Waals surface area contributed by atoms with Crippen LogP contribution < -0.4 is 5.73 Å². The van der Waals surface area contributed by atoms with Crippen LogP contribution in [0.1, 0.15) is 18.4 Å². The normalized spacial score (nSPS) is 24.0. The topological polar surface area (TPSA) is 68.0 Å². The van der Waals surface area contributed by atoms with Gasteiger partial charge in [-0.2, -0.15) is 0 Å². The summed E-state index contributed by atoms with van der Waals surface area (Å²) in [6.07, 6.45) is 1.35. The molecule has 1 unspecified atom stereocenters. The minimum absolute atomic E-state index is 0.224. The first kappa shape index (κ1) is 16.8. The predicted molar refractivity (Wildman–Crippen MR) is 84.2 cm³/mol. The van der Waals surface area contributed by atoms with Gasteiger partial charge in [0.2, 0.25) is 0 Å². The van der Waals surface area contributed by atoms with E-state index < -0.39 is 11.9 Å². The zero-order valence-electron chi connectivity index (χ0n) is 13.3. The van der Waals surface area contributed by atoms with Gasteiger partial charge < -0.3 is 25.2 Å². The van der Waals surface area contributed by atoms with E-state index in [-0.39, 0.29) is 18.3 Å². The van der Waals surface area contributed by atoms with Crippen LogP contribution >= 0.6 is 0 Å². The van der Waals surface area contributed by atoms with Crippen LogP contribution in [0, 0.1) is 11.7 Å². The number of piperidine rings is 1. The molecule has 0 bridgehead atoms. The summed E-state index contributed by atoms with van der Waals surface area (Å²) in [6, 6.07) is 6.42. The van der Waals surface area contributed by atoms with E-state index >= 15 is 0 Å². The Morgan fingerprint density at radius 3 is 2.39 bits per heavy atom. The fourth-order valence-electron chi connectivity index (χ4n) is 3.62. The summed E-state index contributed by atoms with van der Waals surface area (Å²) in [5.41, 5.74) is 6.36. The minimum atomic E-state index is -0.758. The molecular formula is C17H25FN2O3. The van der Waals surface area contributed by atoms with Gasteiger partial charge in [0.15, 0.2) is 5.79 Å². The minimum Gasteiger partial charge on any atom is -0.390 e. The van der Waals surface area contributed by atoms with Crippen LogP contribution in [0.4, 0.5) is 4.39 Å². The average Bonchev–Trinajstić information content (AvgIpc) is 3.07. The van der Waals surface area contributed by atoms with E-state index in [4.69, 9.17) is 15.2 Å². The maximum absolute atomic E-state index is 13.2. The van der Waals surface area contributed by atoms with Gasteiger partial charge in [0.1, 0.15) is 5.82 Å². The Morgan fingerprint density at radius 1 is 1.22 bits per heavy atom. The van der Waals surface area contributed by atoms with Crippen LogP contribution in [-0.4, -0.2) is 55.5 Å². The summed E-state index contributed by atoms with van der Waals surface area (Å²) in [5.74, 6) is -0.791. The molecule has 2 aliphatic rings. The van der Waals surface area contributed by atoms with Crippen LogP contribution in [0.25, 0.3) is 0 Å². The second-order valence-corrected chi connectivity index (χ2v) is 6.34. The molecule has 0 saturated carbocycles. The maximum Gasteiger partial charge on any atom is 0.197 e. The van der Waals surface area contributed by atoms with Crippen LogP contribution in [0.3, 0.4) is 0 Å². The Kier molecular flexibility index (Phi) is 5.28. The molecule has 3 N–H and O–H groups in total. The lowest BCUT2D eigenvalue weighted by Gasteiger charge is -2.41. The molecule has 2 saturated heterocycles. The number of hydrogen-bond acceptors (Lipinski definition) is 5. The number of benzene rings is 1. The summed E-state index contributed by atoms with van der Waals surface area (Å²) in [7, 11) is 0. The molecule has 0 amide bonds. The van der Waals surface area contributed by atoms with Crippen LogP contribution in [0.5, 0.6) is 0 Å². The number of halogens is 1. The monoisotopic (exact) mass is 324 g/mol. The summed E-state index contributed by atoms with van der Waals surface area (Å²) in [4.78, 5) is 2.22. The molecular weight excluding hydrogens is 299 g/mol. The van der Waals surface area contributed by atoms with Gasteiger partial charge in [0.25, 0.3) is 0 Å². The second kappa shape index (κ2) is 7.23. The summed E-state index contributed by atoms with van der Waals surface area (Å²) < 4.78 is 25.2. The van der Waals surface area contributed by atoms with Crippen molar-refractivity contribution in [3.05, 3.63) is 35.6 Å². The number of β-amino-alcohol motifs (C(OH)–C–C–N with tert-alkyl or cyclic N) is 1. The van der Waals surface area contributed by atoms with E-state index in [1.165, 1.54) is 12.1 Å². The van der Waals surface area contributed by atoms with E-state index in [9.17, 15) is 9.50 Å². The lowest BCUT2D eigenvalue weighted by Crippen LogP contribution is -2.46. The van der Waals surface area contributed by atoms with Gasteiger partial charge in [0.05, 0.1) is 19.3 Å². The van der Waals surface area contributed by atoms with Crippen molar-refractivity contribution in [3.8, 4) is 0 Å². The fourth-order valence-corrected chi connectivity index (χ4v) is 3.62. The molecule has 3 rings (SSSR count). The first-order valence-electron chi connectivity index (χ1n) is 8.28. The predicted octanol–water partition coefficient (Wildman–Crippen LogP) is 1.06.